The maximum atomic E-state index is 12.5. The van der Waals surface area contributed by atoms with Crippen LogP contribution in [-0.4, -0.2) is 67.9 Å². The van der Waals surface area contributed by atoms with E-state index in [-0.39, 0.29) is 5.91 Å². The summed E-state index contributed by atoms with van der Waals surface area (Å²) in [4.78, 5) is 18.9. The topological polar surface area (TPSA) is 26.8 Å². The van der Waals surface area contributed by atoms with Crippen molar-refractivity contribution < 1.29 is 4.79 Å². The van der Waals surface area contributed by atoms with Gasteiger partial charge < -0.3 is 9.80 Å². The minimum Gasteiger partial charge on any atom is -0.340 e. The molecule has 4 heteroatoms. The van der Waals surface area contributed by atoms with E-state index >= 15 is 0 Å². The number of rotatable bonds is 7. The molecule has 1 aliphatic heterocycles. The molecular weight excluding hydrogens is 298 g/mol. The summed E-state index contributed by atoms with van der Waals surface area (Å²) >= 11 is 0. The first-order valence-electron chi connectivity index (χ1n) is 9.11. The molecule has 1 aromatic rings. The van der Waals surface area contributed by atoms with Crippen molar-refractivity contribution in [1.82, 2.24) is 14.7 Å². The Hall–Kier alpha value is -1.39. The highest BCUT2D eigenvalue weighted by atomic mass is 16.2. The van der Waals surface area contributed by atoms with E-state index in [2.05, 4.69) is 43.0 Å². The Morgan fingerprint density at radius 1 is 1.17 bits per heavy atom. The second-order valence-electron chi connectivity index (χ2n) is 7.49. The molecule has 0 spiro atoms. The summed E-state index contributed by atoms with van der Waals surface area (Å²) in [6.45, 7) is 6.65. The zero-order chi connectivity index (χ0) is 17.5. The van der Waals surface area contributed by atoms with Crippen LogP contribution in [0.4, 0.5) is 0 Å². The lowest BCUT2D eigenvalue weighted by Crippen LogP contribution is -2.42. The summed E-state index contributed by atoms with van der Waals surface area (Å²) in [6, 6.07) is 8.29. The van der Waals surface area contributed by atoms with Crippen molar-refractivity contribution in [2.45, 2.75) is 32.7 Å². The van der Waals surface area contributed by atoms with Crippen LogP contribution in [0.25, 0.3) is 0 Å². The molecule has 1 aliphatic rings. The minimum atomic E-state index is 0.227. The molecule has 134 valence electrons. The van der Waals surface area contributed by atoms with Crippen LogP contribution < -0.4 is 0 Å². The van der Waals surface area contributed by atoms with Crippen molar-refractivity contribution in [1.29, 1.82) is 0 Å². The highest BCUT2D eigenvalue weighted by Gasteiger charge is 2.22. The summed E-state index contributed by atoms with van der Waals surface area (Å²) in [7, 11) is 6.19. The molecule has 4 nitrogen and oxygen atoms in total. The van der Waals surface area contributed by atoms with Crippen LogP contribution in [0.2, 0.25) is 0 Å². The summed E-state index contributed by atoms with van der Waals surface area (Å²) in [5, 5.41) is 0. The first kappa shape index (κ1) is 18.9. The Kier molecular flexibility index (Phi) is 7.25. The highest BCUT2D eigenvalue weighted by molar-refractivity contribution is 5.78. The van der Waals surface area contributed by atoms with Crippen molar-refractivity contribution in [3.05, 3.63) is 35.4 Å². The van der Waals surface area contributed by atoms with Gasteiger partial charge in [-0.3, -0.25) is 9.69 Å². The first-order chi connectivity index (χ1) is 11.5. The molecule has 0 aliphatic carbocycles. The van der Waals surface area contributed by atoms with Gasteiger partial charge in [-0.15, -0.1) is 0 Å². The third-order valence-electron chi connectivity index (χ3n) is 5.15. The number of hydrogen-bond donors (Lipinski definition) is 0. The smallest absolute Gasteiger partial charge is 0.236 e. The molecule has 1 saturated heterocycles. The SMILES string of the molecule is Cc1ccccc1CN(C)C(=O)CN1CCC(CCN(C)C)CC1. The van der Waals surface area contributed by atoms with Crippen molar-refractivity contribution in [3.63, 3.8) is 0 Å². The second kappa shape index (κ2) is 9.19. The number of nitrogens with zero attached hydrogens (tertiary/aromatic N) is 3. The maximum Gasteiger partial charge on any atom is 0.236 e. The molecule has 0 N–H and O–H groups in total. The van der Waals surface area contributed by atoms with Crippen LogP contribution in [0.5, 0.6) is 0 Å². The van der Waals surface area contributed by atoms with Crippen molar-refractivity contribution in [2.75, 3.05) is 47.3 Å². The number of amides is 1. The van der Waals surface area contributed by atoms with E-state index in [1.807, 2.05) is 24.1 Å². The Morgan fingerprint density at radius 3 is 2.46 bits per heavy atom. The quantitative estimate of drug-likeness (QED) is 0.768. The van der Waals surface area contributed by atoms with Gasteiger partial charge in [-0.1, -0.05) is 24.3 Å². The standard InChI is InChI=1S/C20H33N3O/c1-17-7-5-6-8-19(17)15-22(4)20(24)16-23-13-10-18(11-14-23)9-12-21(2)3/h5-8,18H,9-16H2,1-4H3. The number of carbonyl (C=O) groups is 1. The monoisotopic (exact) mass is 331 g/mol. The average molecular weight is 332 g/mol. The molecule has 1 heterocycles. The van der Waals surface area contributed by atoms with E-state index in [1.54, 1.807) is 0 Å². The molecule has 0 atom stereocenters. The van der Waals surface area contributed by atoms with Crippen LogP contribution in [-0.2, 0) is 11.3 Å². The largest absolute Gasteiger partial charge is 0.340 e. The summed E-state index contributed by atoms with van der Waals surface area (Å²) in [6.07, 6.45) is 3.73. The minimum absolute atomic E-state index is 0.227. The van der Waals surface area contributed by atoms with Gasteiger partial charge in [-0.25, -0.2) is 0 Å². The second-order valence-corrected chi connectivity index (χ2v) is 7.49. The number of benzene rings is 1. The molecule has 24 heavy (non-hydrogen) atoms. The molecule has 0 saturated carbocycles. The molecule has 1 aromatic carbocycles. The Balaban J connectivity index is 1.74. The lowest BCUT2D eigenvalue weighted by Gasteiger charge is -2.33. The van der Waals surface area contributed by atoms with Crippen LogP contribution in [0.1, 0.15) is 30.4 Å². The number of likely N-dealkylation sites (tertiary alicyclic amines) is 1. The summed E-state index contributed by atoms with van der Waals surface area (Å²) < 4.78 is 0. The van der Waals surface area contributed by atoms with Crippen LogP contribution in [0, 0.1) is 12.8 Å². The molecule has 0 unspecified atom stereocenters. The molecule has 0 aromatic heterocycles. The molecule has 0 bridgehead atoms. The number of likely N-dealkylation sites (N-methyl/N-ethyl adjacent to an activating group) is 1. The average Bonchev–Trinajstić information content (AvgIpc) is 2.56. The third kappa shape index (κ3) is 5.91. The van der Waals surface area contributed by atoms with Crippen LogP contribution in [0.3, 0.4) is 0 Å². The van der Waals surface area contributed by atoms with E-state index in [4.69, 9.17) is 0 Å². The van der Waals surface area contributed by atoms with E-state index in [0.29, 0.717) is 13.1 Å². The van der Waals surface area contributed by atoms with Gasteiger partial charge in [0.15, 0.2) is 0 Å². The summed E-state index contributed by atoms with van der Waals surface area (Å²) in [5.41, 5.74) is 2.48. The predicted octanol–water partition coefficient (Wildman–Crippen LogP) is 2.62. The van der Waals surface area contributed by atoms with E-state index in [9.17, 15) is 4.79 Å². The predicted molar refractivity (Wildman–Crippen MR) is 100.0 cm³/mol. The van der Waals surface area contributed by atoms with Crippen molar-refractivity contribution in [2.24, 2.45) is 5.92 Å². The van der Waals surface area contributed by atoms with Crippen LogP contribution >= 0.6 is 0 Å². The van der Waals surface area contributed by atoms with E-state index in [1.165, 1.54) is 36.9 Å². The normalized spacial score (nSPS) is 16.5. The highest BCUT2D eigenvalue weighted by Crippen LogP contribution is 2.20. The maximum absolute atomic E-state index is 12.5. The van der Waals surface area contributed by atoms with Gasteiger partial charge in [0.1, 0.15) is 0 Å². The number of hydrogen-bond acceptors (Lipinski definition) is 3. The number of carbonyl (C=O) groups excluding carboxylic acids is 1. The Labute approximate surface area is 147 Å². The number of aryl methyl sites for hydroxylation is 1. The van der Waals surface area contributed by atoms with Gasteiger partial charge in [0.2, 0.25) is 5.91 Å². The van der Waals surface area contributed by atoms with Gasteiger partial charge in [-0.2, -0.15) is 0 Å². The van der Waals surface area contributed by atoms with Gasteiger partial charge in [0.25, 0.3) is 0 Å². The fourth-order valence-corrected chi connectivity index (χ4v) is 3.32. The van der Waals surface area contributed by atoms with Crippen LogP contribution in [0.15, 0.2) is 24.3 Å². The van der Waals surface area contributed by atoms with Crippen molar-refractivity contribution >= 4 is 5.91 Å². The Bertz CT molecular complexity index is 521. The molecule has 2 rings (SSSR count). The lowest BCUT2D eigenvalue weighted by molar-refractivity contribution is -0.132. The zero-order valence-corrected chi connectivity index (χ0v) is 15.8. The number of piperidine rings is 1. The zero-order valence-electron chi connectivity index (χ0n) is 15.8. The molecule has 1 fully saturated rings. The fraction of sp³-hybridized carbons (Fsp3) is 0.650. The van der Waals surface area contributed by atoms with E-state index in [0.717, 1.165) is 19.0 Å². The van der Waals surface area contributed by atoms with Crippen molar-refractivity contribution in [3.8, 4) is 0 Å². The van der Waals surface area contributed by atoms with Gasteiger partial charge >= 0.3 is 0 Å². The van der Waals surface area contributed by atoms with E-state index < -0.39 is 0 Å². The fourth-order valence-electron chi connectivity index (χ4n) is 3.32. The van der Waals surface area contributed by atoms with Gasteiger partial charge in [-0.05, 0) is 77.0 Å². The third-order valence-corrected chi connectivity index (χ3v) is 5.15. The summed E-state index contributed by atoms with van der Waals surface area (Å²) in [5.74, 6) is 1.05. The first-order valence-corrected chi connectivity index (χ1v) is 9.11. The van der Waals surface area contributed by atoms with Gasteiger partial charge in [0, 0.05) is 13.6 Å². The Morgan fingerprint density at radius 2 is 1.83 bits per heavy atom. The molecule has 0 radical (unpaired) electrons. The van der Waals surface area contributed by atoms with Gasteiger partial charge in [0.05, 0.1) is 6.54 Å². The lowest BCUT2D eigenvalue weighted by atomic mass is 9.93. The molecular formula is C20H33N3O. The molecule has 1 amide bonds.